The third kappa shape index (κ3) is 4.45. The molecule has 0 aliphatic carbocycles. The molecule has 58 valence electrons. The minimum Gasteiger partial charge on any atom is -0.548 e. The Hall–Kier alpha value is -0.0505. The van der Waals surface area contributed by atoms with Crippen LogP contribution in [0.15, 0.2) is 0 Å². The predicted molar refractivity (Wildman–Crippen MR) is 27.8 cm³/mol. The minimum absolute atomic E-state index is 0. The maximum atomic E-state index is 9.90. The first-order chi connectivity index (χ1) is 3.55. The van der Waals surface area contributed by atoms with Gasteiger partial charge in [0.1, 0.15) is 0 Å². The maximum absolute atomic E-state index is 9.90. The topological polar surface area (TPSA) is 66.2 Å². The maximum Gasteiger partial charge on any atom is 1.00 e. The fourth-order valence-corrected chi connectivity index (χ4v) is 0.272. The number of carboxylic acid groups (broad SMARTS) is 1. The molecule has 9 heavy (non-hydrogen) atoms. The van der Waals surface area contributed by atoms with Crippen LogP contribution in [0, 0.1) is 5.92 Å². The van der Waals surface area contributed by atoms with Gasteiger partial charge in [-0.3, -0.25) is 0 Å². The van der Waals surface area contributed by atoms with Crippen molar-refractivity contribution in [3.05, 3.63) is 0 Å². The number of rotatable bonds is 2. The zero-order valence-corrected chi connectivity index (χ0v) is 6.29. The molecule has 0 aromatic heterocycles. The van der Waals surface area contributed by atoms with Gasteiger partial charge in [0, 0.05) is 6.04 Å². The van der Waals surface area contributed by atoms with E-state index >= 15 is 0 Å². The van der Waals surface area contributed by atoms with E-state index in [9.17, 15) is 9.90 Å². The van der Waals surface area contributed by atoms with Gasteiger partial charge in [-0.05, 0) is 5.92 Å². The molecule has 3 nitrogen and oxygen atoms in total. The SMILES string of the molecule is CC(C)C(N)C(=O)[O-].[Cu+]. The molecule has 0 heterocycles. The van der Waals surface area contributed by atoms with E-state index in [0.29, 0.717) is 0 Å². The molecule has 4 heteroatoms. The summed E-state index contributed by atoms with van der Waals surface area (Å²) < 4.78 is 0. The molecule has 0 rings (SSSR count). The van der Waals surface area contributed by atoms with Crippen LogP contribution >= 0.6 is 0 Å². The fourth-order valence-electron chi connectivity index (χ4n) is 0.272. The molecule has 2 N–H and O–H groups in total. The van der Waals surface area contributed by atoms with Crippen LogP contribution in [0.1, 0.15) is 13.8 Å². The first kappa shape index (κ1) is 11.7. The van der Waals surface area contributed by atoms with E-state index in [2.05, 4.69) is 0 Å². The summed E-state index contributed by atoms with van der Waals surface area (Å²) in [6, 6.07) is -0.824. The van der Waals surface area contributed by atoms with E-state index in [-0.39, 0.29) is 23.0 Å². The zero-order chi connectivity index (χ0) is 6.73. The number of carboxylic acids is 1. The van der Waals surface area contributed by atoms with Crippen LogP contribution in [0.2, 0.25) is 0 Å². The van der Waals surface area contributed by atoms with E-state index in [0.717, 1.165) is 0 Å². The normalized spacial score (nSPS) is 12.4. The smallest absolute Gasteiger partial charge is 0.548 e. The number of carbonyl (C=O) groups excluding carboxylic acids is 1. The monoisotopic (exact) mass is 179 g/mol. The molecular weight excluding hydrogens is 170 g/mol. The van der Waals surface area contributed by atoms with Crippen LogP contribution in [0.4, 0.5) is 0 Å². The number of carbonyl (C=O) groups is 1. The second kappa shape index (κ2) is 4.79. The molecule has 0 aromatic rings. The summed E-state index contributed by atoms with van der Waals surface area (Å²) in [4.78, 5) is 9.90. The van der Waals surface area contributed by atoms with Crippen molar-refractivity contribution in [1.29, 1.82) is 0 Å². The van der Waals surface area contributed by atoms with Gasteiger partial charge in [-0.2, -0.15) is 0 Å². The van der Waals surface area contributed by atoms with Gasteiger partial charge in [0.15, 0.2) is 0 Å². The largest absolute Gasteiger partial charge is 1.00 e. The van der Waals surface area contributed by atoms with Crippen molar-refractivity contribution in [1.82, 2.24) is 0 Å². The van der Waals surface area contributed by atoms with Gasteiger partial charge in [0.25, 0.3) is 0 Å². The van der Waals surface area contributed by atoms with Crippen LogP contribution in [-0.4, -0.2) is 12.0 Å². The molecule has 1 unspecified atom stereocenters. The summed E-state index contributed by atoms with van der Waals surface area (Å²) in [7, 11) is 0. The van der Waals surface area contributed by atoms with Crippen molar-refractivity contribution >= 4 is 5.97 Å². The molecule has 0 radical (unpaired) electrons. The Morgan fingerprint density at radius 2 is 1.89 bits per heavy atom. The van der Waals surface area contributed by atoms with Gasteiger partial charge in [0.2, 0.25) is 0 Å². The van der Waals surface area contributed by atoms with Crippen molar-refractivity contribution < 1.29 is 27.0 Å². The summed E-state index contributed by atoms with van der Waals surface area (Å²) in [6.45, 7) is 3.47. The third-order valence-corrected chi connectivity index (χ3v) is 0.990. The Morgan fingerprint density at radius 3 is 1.89 bits per heavy atom. The van der Waals surface area contributed by atoms with E-state index < -0.39 is 12.0 Å². The van der Waals surface area contributed by atoms with Gasteiger partial charge < -0.3 is 15.6 Å². The van der Waals surface area contributed by atoms with E-state index in [1.165, 1.54) is 0 Å². The average Bonchev–Trinajstić information content (AvgIpc) is 1.64. The summed E-state index contributed by atoms with van der Waals surface area (Å²) in [6.07, 6.45) is 0. The summed E-state index contributed by atoms with van der Waals surface area (Å²) in [5.74, 6) is -1.22. The Kier molecular flexibility index (Phi) is 6.24. The zero-order valence-electron chi connectivity index (χ0n) is 5.35. The molecule has 1 atom stereocenters. The number of aliphatic carboxylic acids is 1. The Labute approximate surface area is 65.1 Å². The minimum atomic E-state index is -1.18. The molecule has 0 aliphatic heterocycles. The van der Waals surface area contributed by atoms with Crippen LogP contribution < -0.4 is 10.8 Å². The second-order valence-electron chi connectivity index (χ2n) is 2.09. The summed E-state index contributed by atoms with van der Waals surface area (Å²) in [5.41, 5.74) is 5.10. The molecule has 0 fully saturated rings. The van der Waals surface area contributed by atoms with Crippen LogP contribution in [0.3, 0.4) is 0 Å². The molecule has 0 aromatic carbocycles. The van der Waals surface area contributed by atoms with Crippen molar-refractivity contribution in [2.45, 2.75) is 19.9 Å². The first-order valence-corrected chi connectivity index (χ1v) is 2.52. The van der Waals surface area contributed by atoms with Crippen LogP contribution in [0.5, 0.6) is 0 Å². The summed E-state index contributed by atoms with van der Waals surface area (Å²) >= 11 is 0. The average molecular weight is 180 g/mol. The molecule has 0 amide bonds. The fraction of sp³-hybridized carbons (Fsp3) is 0.800. The Morgan fingerprint density at radius 1 is 1.56 bits per heavy atom. The van der Waals surface area contributed by atoms with Gasteiger partial charge in [-0.1, -0.05) is 13.8 Å². The predicted octanol–water partition coefficient (Wildman–Crippen LogP) is -1.28. The quantitative estimate of drug-likeness (QED) is 0.537. The van der Waals surface area contributed by atoms with Crippen molar-refractivity contribution in [2.24, 2.45) is 11.7 Å². The summed E-state index contributed by atoms with van der Waals surface area (Å²) in [5, 5.41) is 9.90. The van der Waals surface area contributed by atoms with Crippen LogP contribution in [-0.2, 0) is 21.9 Å². The van der Waals surface area contributed by atoms with Crippen molar-refractivity contribution in [3.63, 3.8) is 0 Å². The number of hydrogen-bond donors (Lipinski definition) is 1. The van der Waals surface area contributed by atoms with Gasteiger partial charge >= 0.3 is 17.1 Å². The van der Waals surface area contributed by atoms with E-state index in [1.807, 2.05) is 0 Å². The second-order valence-corrected chi connectivity index (χ2v) is 2.09. The van der Waals surface area contributed by atoms with E-state index in [1.54, 1.807) is 13.8 Å². The van der Waals surface area contributed by atoms with E-state index in [4.69, 9.17) is 5.73 Å². The first-order valence-electron chi connectivity index (χ1n) is 2.52. The molecule has 0 bridgehead atoms. The Bertz CT molecular complexity index is 95.0. The van der Waals surface area contributed by atoms with Gasteiger partial charge in [0.05, 0.1) is 5.97 Å². The van der Waals surface area contributed by atoms with Crippen molar-refractivity contribution in [2.75, 3.05) is 0 Å². The standard InChI is InChI=1S/C5H11NO2.Cu/c1-3(2)4(6)5(7)8;/h3-4H,6H2,1-2H3,(H,7,8);/q;+1/p-1. The van der Waals surface area contributed by atoms with Crippen molar-refractivity contribution in [3.8, 4) is 0 Å². The molecule has 0 saturated carbocycles. The molecule has 0 spiro atoms. The van der Waals surface area contributed by atoms with Crippen LogP contribution in [0.25, 0.3) is 0 Å². The van der Waals surface area contributed by atoms with Gasteiger partial charge in [-0.15, -0.1) is 0 Å². The number of nitrogens with two attached hydrogens (primary N) is 1. The molecule has 0 saturated heterocycles. The molecular formula is C5H10CuNO2. The molecule has 0 aliphatic rings. The number of hydrogen-bond acceptors (Lipinski definition) is 3. The van der Waals surface area contributed by atoms with Gasteiger partial charge in [-0.25, -0.2) is 0 Å². The Balaban J connectivity index is 0. The third-order valence-electron chi connectivity index (χ3n) is 0.990.